The van der Waals surface area contributed by atoms with Crippen molar-refractivity contribution in [2.75, 3.05) is 5.32 Å². The highest BCUT2D eigenvalue weighted by Gasteiger charge is 2.13. The molecule has 0 radical (unpaired) electrons. The Hall–Kier alpha value is -2.18. The number of para-hydroxylation sites is 2. The molecule has 1 aromatic heterocycles. The van der Waals surface area contributed by atoms with Crippen LogP contribution in [-0.4, -0.2) is 10.2 Å². The third-order valence-corrected chi connectivity index (χ3v) is 6.08. The molecular formula is C22H16Cl3N3OS. The Balaban J connectivity index is 1.46. The van der Waals surface area contributed by atoms with Crippen LogP contribution in [0.25, 0.3) is 0 Å². The number of aromatic nitrogens is 2. The van der Waals surface area contributed by atoms with Crippen molar-refractivity contribution in [2.45, 2.75) is 17.4 Å². The molecule has 0 saturated carbocycles. The Labute approximate surface area is 193 Å². The number of hydrogen-bond acceptors (Lipinski definition) is 5. The SMILES string of the molecule is Clc1ccc(CSc2nnc(Cc3ccccc3Nc3c(Cl)cccc3Cl)o2)cc1. The van der Waals surface area contributed by atoms with Gasteiger partial charge in [0, 0.05) is 16.5 Å². The van der Waals surface area contributed by atoms with Gasteiger partial charge in [0.2, 0.25) is 5.89 Å². The van der Waals surface area contributed by atoms with Gasteiger partial charge in [-0.15, -0.1) is 10.2 Å². The molecule has 0 amide bonds. The molecule has 4 rings (SSSR count). The van der Waals surface area contributed by atoms with Crippen LogP contribution in [0.2, 0.25) is 15.1 Å². The highest BCUT2D eigenvalue weighted by atomic mass is 35.5. The molecule has 1 N–H and O–H groups in total. The van der Waals surface area contributed by atoms with E-state index in [-0.39, 0.29) is 0 Å². The van der Waals surface area contributed by atoms with Gasteiger partial charge in [-0.1, -0.05) is 83.0 Å². The molecule has 0 saturated heterocycles. The summed E-state index contributed by atoms with van der Waals surface area (Å²) in [6.45, 7) is 0. The topological polar surface area (TPSA) is 51.0 Å². The van der Waals surface area contributed by atoms with E-state index in [2.05, 4.69) is 15.5 Å². The van der Waals surface area contributed by atoms with Crippen molar-refractivity contribution in [3.05, 3.63) is 98.8 Å². The first kappa shape index (κ1) is 21.1. The molecule has 3 aromatic carbocycles. The molecule has 1 heterocycles. The van der Waals surface area contributed by atoms with Gasteiger partial charge in [0.1, 0.15) is 0 Å². The molecule has 4 nitrogen and oxygen atoms in total. The number of nitrogens with zero attached hydrogens (tertiary/aromatic N) is 2. The quantitative estimate of drug-likeness (QED) is 0.277. The van der Waals surface area contributed by atoms with Crippen LogP contribution < -0.4 is 5.32 Å². The number of rotatable bonds is 7. The van der Waals surface area contributed by atoms with Crippen molar-refractivity contribution in [2.24, 2.45) is 0 Å². The number of halogens is 3. The second kappa shape index (κ2) is 9.75. The second-order valence-corrected chi connectivity index (χ2v) is 8.61. The van der Waals surface area contributed by atoms with Crippen molar-refractivity contribution < 1.29 is 4.42 Å². The highest BCUT2D eigenvalue weighted by Crippen LogP contribution is 2.34. The van der Waals surface area contributed by atoms with Crippen LogP contribution >= 0.6 is 46.6 Å². The van der Waals surface area contributed by atoms with E-state index in [1.807, 2.05) is 54.6 Å². The van der Waals surface area contributed by atoms with Crippen LogP contribution in [0.1, 0.15) is 17.0 Å². The van der Waals surface area contributed by atoms with Gasteiger partial charge in [0.15, 0.2) is 0 Å². The van der Waals surface area contributed by atoms with E-state index >= 15 is 0 Å². The highest BCUT2D eigenvalue weighted by molar-refractivity contribution is 7.98. The number of nitrogens with one attached hydrogen (secondary N) is 1. The molecule has 0 fully saturated rings. The van der Waals surface area contributed by atoms with Gasteiger partial charge < -0.3 is 9.73 Å². The third kappa shape index (κ3) is 5.29. The van der Waals surface area contributed by atoms with Gasteiger partial charge in [-0.2, -0.15) is 0 Å². The molecule has 30 heavy (non-hydrogen) atoms. The molecule has 0 aliphatic rings. The fourth-order valence-electron chi connectivity index (χ4n) is 2.80. The second-order valence-electron chi connectivity index (χ2n) is 6.43. The van der Waals surface area contributed by atoms with Crippen molar-refractivity contribution >= 4 is 57.9 Å². The lowest BCUT2D eigenvalue weighted by Crippen LogP contribution is -1.98. The van der Waals surface area contributed by atoms with E-state index in [4.69, 9.17) is 39.2 Å². The Morgan fingerprint density at radius 2 is 1.57 bits per heavy atom. The molecule has 0 bridgehead atoms. The lowest BCUT2D eigenvalue weighted by Gasteiger charge is -2.13. The number of hydrogen-bond donors (Lipinski definition) is 1. The monoisotopic (exact) mass is 475 g/mol. The standard InChI is InChI=1S/C22H16Cl3N3OS/c23-16-10-8-14(9-11-16)13-30-22-28-27-20(29-22)12-15-4-1-2-7-19(15)26-21-17(24)5-3-6-18(21)25/h1-11,26H,12-13H2. The van der Waals surface area contributed by atoms with E-state index in [0.29, 0.717) is 38.3 Å². The van der Waals surface area contributed by atoms with Gasteiger partial charge in [-0.3, -0.25) is 0 Å². The molecule has 0 aliphatic carbocycles. The summed E-state index contributed by atoms with van der Waals surface area (Å²) in [5, 5.41) is 14.0. The average Bonchev–Trinajstić information content (AvgIpc) is 3.19. The summed E-state index contributed by atoms with van der Waals surface area (Å²) in [4.78, 5) is 0. The van der Waals surface area contributed by atoms with Gasteiger partial charge in [-0.25, -0.2) is 0 Å². The maximum atomic E-state index is 6.29. The predicted octanol–water partition coefficient (Wildman–Crippen LogP) is 7.66. The lowest BCUT2D eigenvalue weighted by atomic mass is 10.1. The number of anilines is 2. The van der Waals surface area contributed by atoms with Crippen LogP contribution in [0.4, 0.5) is 11.4 Å². The summed E-state index contributed by atoms with van der Waals surface area (Å²) in [6, 6.07) is 20.9. The van der Waals surface area contributed by atoms with E-state index in [0.717, 1.165) is 22.6 Å². The maximum Gasteiger partial charge on any atom is 0.276 e. The van der Waals surface area contributed by atoms with Gasteiger partial charge in [0.25, 0.3) is 5.22 Å². The zero-order valence-corrected chi connectivity index (χ0v) is 18.7. The van der Waals surface area contributed by atoms with E-state index in [1.165, 1.54) is 11.8 Å². The Morgan fingerprint density at radius 1 is 0.833 bits per heavy atom. The van der Waals surface area contributed by atoms with Crippen LogP contribution in [-0.2, 0) is 12.2 Å². The fraction of sp³-hybridized carbons (Fsp3) is 0.0909. The number of thioether (sulfide) groups is 1. The molecule has 152 valence electrons. The first-order valence-corrected chi connectivity index (χ1v) is 11.2. The molecule has 0 spiro atoms. The van der Waals surface area contributed by atoms with Crippen molar-refractivity contribution in [3.8, 4) is 0 Å². The normalized spacial score (nSPS) is 10.9. The van der Waals surface area contributed by atoms with E-state index in [1.54, 1.807) is 12.1 Å². The predicted molar refractivity (Wildman–Crippen MR) is 124 cm³/mol. The summed E-state index contributed by atoms with van der Waals surface area (Å²) in [5.41, 5.74) is 3.67. The van der Waals surface area contributed by atoms with Crippen LogP contribution in [0.5, 0.6) is 0 Å². The molecule has 0 aliphatic heterocycles. The third-order valence-electron chi connectivity index (χ3n) is 4.31. The average molecular weight is 477 g/mol. The van der Waals surface area contributed by atoms with Crippen molar-refractivity contribution in [3.63, 3.8) is 0 Å². The van der Waals surface area contributed by atoms with Crippen molar-refractivity contribution in [1.82, 2.24) is 10.2 Å². The summed E-state index contributed by atoms with van der Waals surface area (Å²) >= 11 is 20.0. The first-order valence-electron chi connectivity index (χ1n) is 9.07. The number of benzene rings is 3. The van der Waals surface area contributed by atoms with Crippen LogP contribution in [0, 0.1) is 0 Å². The van der Waals surface area contributed by atoms with Crippen LogP contribution in [0.15, 0.2) is 76.4 Å². The van der Waals surface area contributed by atoms with E-state index < -0.39 is 0 Å². The minimum absolute atomic E-state index is 0.486. The molecular weight excluding hydrogens is 461 g/mol. The minimum atomic E-state index is 0.486. The molecule has 0 atom stereocenters. The molecule has 0 unspecified atom stereocenters. The summed E-state index contributed by atoms with van der Waals surface area (Å²) in [7, 11) is 0. The van der Waals surface area contributed by atoms with Gasteiger partial charge in [-0.05, 0) is 41.5 Å². The fourth-order valence-corrected chi connectivity index (χ4v) is 4.16. The lowest BCUT2D eigenvalue weighted by molar-refractivity contribution is 0.420. The Morgan fingerprint density at radius 3 is 2.33 bits per heavy atom. The zero-order valence-electron chi connectivity index (χ0n) is 15.6. The zero-order chi connectivity index (χ0) is 20.9. The molecule has 4 aromatic rings. The van der Waals surface area contributed by atoms with E-state index in [9.17, 15) is 0 Å². The summed E-state index contributed by atoms with van der Waals surface area (Å²) in [5.74, 6) is 1.26. The smallest absolute Gasteiger partial charge is 0.276 e. The minimum Gasteiger partial charge on any atom is -0.416 e. The first-order chi connectivity index (χ1) is 14.6. The maximum absolute atomic E-state index is 6.29. The van der Waals surface area contributed by atoms with Crippen LogP contribution in [0.3, 0.4) is 0 Å². The summed E-state index contributed by atoms with van der Waals surface area (Å²) in [6.07, 6.45) is 0.486. The van der Waals surface area contributed by atoms with Crippen molar-refractivity contribution in [1.29, 1.82) is 0 Å². The molecule has 8 heteroatoms. The van der Waals surface area contributed by atoms with Gasteiger partial charge in [0.05, 0.1) is 22.2 Å². The largest absolute Gasteiger partial charge is 0.416 e. The summed E-state index contributed by atoms with van der Waals surface area (Å²) < 4.78 is 5.82. The Bertz CT molecular complexity index is 1130. The van der Waals surface area contributed by atoms with Gasteiger partial charge >= 0.3 is 0 Å². The Kier molecular flexibility index (Phi) is 6.85.